The van der Waals surface area contributed by atoms with Gasteiger partial charge in [0.25, 0.3) is 0 Å². The summed E-state index contributed by atoms with van der Waals surface area (Å²) in [4.78, 5) is 40.8. The molecule has 0 aromatic heterocycles. The molecule has 1 aromatic carbocycles. The van der Waals surface area contributed by atoms with E-state index in [1.807, 2.05) is 49.1 Å². The van der Waals surface area contributed by atoms with Crippen molar-refractivity contribution in [3.63, 3.8) is 0 Å². The van der Waals surface area contributed by atoms with Crippen molar-refractivity contribution in [3.05, 3.63) is 30.3 Å². The fourth-order valence-electron chi connectivity index (χ4n) is 4.49. The number of fused-ring (bicyclic) bond motifs is 1. The van der Waals surface area contributed by atoms with Crippen molar-refractivity contribution < 1.29 is 14.4 Å². The number of nitrogens with zero attached hydrogens (tertiary/aromatic N) is 2. The molecule has 0 saturated carbocycles. The Morgan fingerprint density at radius 2 is 1.79 bits per heavy atom. The van der Waals surface area contributed by atoms with Crippen molar-refractivity contribution in [2.75, 3.05) is 25.0 Å². The Balaban J connectivity index is 1.65. The van der Waals surface area contributed by atoms with Crippen LogP contribution in [0.2, 0.25) is 0 Å². The Labute approximate surface area is 166 Å². The molecular formula is C21H30N4O3. The number of nitrogens with two attached hydrogens (primary N) is 1. The second-order valence-electron chi connectivity index (χ2n) is 8.22. The number of carbonyl (C=O) groups excluding carboxylic acids is 3. The molecule has 0 radical (unpaired) electrons. The summed E-state index contributed by atoms with van der Waals surface area (Å²) in [5, 5.41) is 2.94. The van der Waals surface area contributed by atoms with Gasteiger partial charge in [0.2, 0.25) is 11.8 Å². The van der Waals surface area contributed by atoms with Gasteiger partial charge in [0.15, 0.2) is 0 Å². The van der Waals surface area contributed by atoms with E-state index >= 15 is 0 Å². The molecule has 2 fully saturated rings. The minimum Gasteiger partial charge on any atom is -0.368 e. The van der Waals surface area contributed by atoms with Crippen molar-refractivity contribution in [1.29, 1.82) is 0 Å². The van der Waals surface area contributed by atoms with Crippen LogP contribution in [0.15, 0.2) is 30.3 Å². The summed E-state index contributed by atoms with van der Waals surface area (Å²) in [6.45, 7) is 5.61. The number of hydrogen-bond acceptors (Lipinski definition) is 3. The molecular weight excluding hydrogens is 356 g/mol. The number of primary amides is 1. The lowest BCUT2D eigenvalue weighted by atomic mass is 9.82. The predicted molar refractivity (Wildman–Crippen MR) is 107 cm³/mol. The first kappa shape index (κ1) is 20.2. The Morgan fingerprint density at radius 3 is 2.43 bits per heavy atom. The van der Waals surface area contributed by atoms with Crippen molar-refractivity contribution >= 4 is 23.5 Å². The number of likely N-dealkylation sites (tertiary alicyclic amines) is 2. The van der Waals surface area contributed by atoms with Gasteiger partial charge in [-0.1, -0.05) is 32.0 Å². The average Bonchev–Trinajstić information content (AvgIpc) is 2.80. The number of para-hydroxylation sites is 1. The van der Waals surface area contributed by atoms with Crippen LogP contribution in [0.5, 0.6) is 0 Å². The fourth-order valence-corrected chi connectivity index (χ4v) is 4.49. The Morgan fingerprint density at radius 1 is 1.11 bits per heavy atom. The third-order valence-electron chi connectivity index (χ3n) is 5.96. The molecule has 4 amide bonds. The maximum Gasteiger partial charge on any atom is 0.321 e. The summed E-state index contributed by atoms with van der Waals surface area (Å²) < 4.78 is 0. The number of amides is 4. The number of benzene rings is 1. The monoisotopic (exact) mass is 386 g/mol. The van der Waals surface area contributed by atoms with Gasteiger partial charge in [-0.25, -0.2) is 4.79 Å². The molecule has 3 N–H and O–H groups in total. The molecule has 0 spiro atoms. The van der Waals surface area contributed by atoms with Crippen LogP contribution in [0.3, 0.4) is 0 Å². The largest absolute Gasteiger partial charge is 0.368 e. The topological polar surface area (TPSA) is 95.7 Å². The van der Waals surface area contributed by atoms with E-state index in [0.717, 1.165) is 18.5 Å². The van der Waals surface area contributed by atoms with Gasteiger partial charge >= 0.3 is 6.03 Å². The van der Waals surface area contributed by atoms with E-state index < -0.39 is 11.9 Å². The van der Waals surface area contributed by atoms with Gasteiger partial charge in [0.05, 0.1) is 0 Å². The van der Waals surface area contributed by atoms with Crippen LogP contribution < -0.4 is 11.1 Å². The maximum absolute atomic E-state index is 12.8. The Kier molecular flexibility index (Phi) is 6.21. The van der Waals surface area contributed by atoms with E-state index in [1.165, 1.54) is 0 Å². The molecule has 1 aromatic rings. The van der Waals surface area contributed by atoms with Crippen molar-refractivity contribution in [2.45, 2.75) is 39.2 Å². The highest BCUT2D eigenvalue weighted by Gasteiger charge is 2.39. The van der Waals surface area contributed by atoms with Gasteiger partial charge in [-0.05, 0) is 42.7 Å². The Bertz CT molecular complexity index is 722. The van der Waals surface area contributed by atoms with Crippen molar-refractivity contribution in [1.82, 2.24) is 9.80 Å². The highest BCUT2D eigenvalue weighted by Crippen LogP contribution is 2.33. The van der Waals surface area contributed by atoms with Gasteiger partial charge in [0.1, 0.15) is 6.04 Å². The second kappa shape index (κ2) is 8.63. The summed E-state index contributed by atoms with van der Waals surface area (Å²) >= 11 is 0. The quantitative estimate of drug-likeness (QED) is 0.831. The Hall–Kier alpha value is -2.57. The van der Waals surface area contributed by atoms with E-state index in [0.29, 0.717) is 26.1 Å². The van der Waals surface area contributed by atoms with Crippen LogP contribution in [-0.4, -0.2) is 53.3 Å². The molecule has 152 valence electrons. The highest BCUT2D eigenvalue weighted by atomic mass is 16.2. The second-order valence-corrected chi connectivity index (χ2v) is 8.22. The number of carbonyl (C=O) groups is 3. The molecule has 2 aliphatic rings. The van der Waals surface area contributed by atoms with Crippen LogP contribution >= 0.6 is 0 Å². The molecule has 0 bridgehead atoms. The number of hydrogen-bond donors (Lipinski definition) is 2. The average molecular weight is 386 g/mol. The molecule has 3 unspecified atom stereocenters. The molecule has 2 aliphatic heterocycles. The van der Waals surface area contributed by atoms with E-state index in [1.54, 1.807) is 4.90 Å². The molecule has 3 rings (SSSR count). The molecule has 7 nitrogen and oxygen atoms in total. The van der Waals surface area contributed by atoms with Crippen molar-refractivity contribution in [2.24, 2.45) is 23.5 Å². The van der Waals surface area contributed by atoms with Crippen LogP contribution in [0, 0.1) is 17.8 Å². The molecule has 0 aliphatic carbocycles. The van der Waals surface area contributed by atoms with Crippen LogP contribution in [0.1, 0.15) is 33.1 Å². The molecule has 28 heavy (non-hydrogen) atoms. The van der Waals surface area contributed by atoms with Gasteiger partial charge in [0, 0.05) is 31.7 Å². The number of anilines is 1. The minimum absolute atomic E-state index is 0.00665. The fraction of sp³-hybridized carbons (Fsp3) is 0.571. The van der Waals surface area contributed by atoms with Crippen LogP contribution in [0.4, 0.5) is 10.5 Å². The maximum atomic E-state index is 12.8. The number of nitrogens with one attached hydrogen (secondary N) is 1. The minimum atomic E-state index is -0.565. The van der Waals surface area contributed by atoms with E-state index in [4.69, 9.17) is 5.73 Å². The molecule has 7 heteroatoms. The van der Waals surface area contributed by atoms with E-state index in [-0.39, 0.29) is 29.7 Å². The molecule has 2 heterocycles. The number of rotatable bonds is 4. The number of piperidine rings is 1. The summed E-state index contributed by atoms with van der Waals surface area (Å²) in [5.74, 6) is 0.0443. The number of urea groups is 1. The summed E-state index contributed by atoms with van der Waals surface area (Å²) in [5.41, 5.74) is 6.35. The van der Waals surface area contributed by atoms with Gasteiger partial charge in [-0.2, -0.15) is 0 Å². The summed E-state index contributed by atoms with van der Waals surface area (Å²) in [6, 6.07) is 8.74. The first-order chi connectivity index (χ1) is 13.4. The smallest absolute Gasteiger partial charge is 0.321 e. The van der Waals surface area contributed by atoms with E-state index in [9.17, 15) is 14.4 Å². The first-order valence-corrected chi connectivity index (χ1v) is 10.1. The third kappa shape index (κ3) is 4.46. The van der Waals surface area contributed by atoms with Crippen molar-refractivity contribution in [3.8, 4) is 0 Å². The zero-order valence-electron chi connectivity index (χ0n) is 16.6. The lowest BCUT2D eigenvalue weighted by Crippen LogP contribution is -2.50. The van der Waals surface area contributed by atoms with E-state index in [2.05, 4.69) is 5.32 Å². The predicted octanol–water partition coefficient (Wildman–Crippen LogP) is 2.29. The standard InChI is InChI=1S/C21H30N4O3/c1-14(2)19(20(22)27)25-11-9-16-13-24(10-8-15(16)12-18(25)26)21(28)23-17-6-4-3-5-7-17/h3-7,14-16,19H,8-13H2,1-2H3,(H2,22,27)(H,23,28). The highest BCUT2D eigenvalue weighted by molar-refractivity contribution is 5.89. The third-order valence-corrected chi connectivity index (χ3v) is 5.96. The van der Waals surface area contributed by atoms with Crippen LogP contribution in [-0.2, 0) is 9.59 Å². The summed E-state index contributed by atoms with van der Waals surface area (Å²) in [7, 11) is 0. The van der Waals surface area contributed by atoms with Gasteiger partial charge in [-0.15, -0.1) is 0 Å². The SMILES string of the molecule is CC(C)C(C(N)=O)N1CCC2CN(C(=O)Nc3ccccc3)CCC2CC1=O. The zero-order valence-corrected chi connectivity index (χ0v) is 16.6. The van der Waals surface area contributed by atoms with Gasteiger partial charge in [-0.3, -0.25) is 9.59 Å². The lowest BCUT2D eigenvalue weighted by Gasteiger charge is -2.37. The summed E-state index contributed by atoms with van der Waals surface area (Å²) in [6.07, 6.45) is 2.01. The molecule has 3 atom stereocenters. The van der Waals surface area contributed by atoms with Crippen LogP contribution in [0.25, 0.3) is 0 Å². The first-order valence-electron chi connectivity index (χ1n) is 10.1. The zero-order chi connectivity index (χ0) is 20.3. The lowest BCUT2D eigenvalue weighted by molar-refractivity contribution is -0.141. The van der Waals surface area contributed by atoms with Gasteiger partial charge < -0.3 is 20.9 Å². The normalized spacial score (nSPS) is 23.8. The molecule has 2 saturated heterocycles.